The zero-order valence-corrected chi connectivity index (χ0v) is 41.7. The van der Waals surface area contributed by atoms with Crippen LogP contribution in [0.2, 0.25) is 0 Å². The molecule has 20 rings (SSSR count). The van der Waals surface area contributed by atoms with Crippen LogP contribution in [0.25, 0.3) is 21.5 Å². The Balaban J connectivity index is 0.939. The van der Waals surface area contributed by atoms with Gasteiger partial charge in [0.05, 0.1) is 55.8 Å². The average molecular weight is 993 g/mol. The van der Waals surface area contributed by atoms with E-state index in [1.54, 1.807) is 0 Å². The van der Waals surface area contributed by atoms with Gasteiger partial charge in [0.1, 0.15) is 0 Å². The third-order valence-corrected chi connectivity index (χ3v) is 18.5. The number of anilines is 4. The number of hydrogen-bond donors (Lipinski definition) is 0. The normalized spacial score (nSPS) is 19.5. The van der Waals surface area contributed by atoms with Crippen LogP contribution in [0.1, 0.15) is 66.8 Å². The Morgan fingerprint density at radius 3 is 1.31 bits per heavy atom. The highest BCUT2D eigenvalue weighted by atomic mass is 15.7. The fraction of sp³-hybridized carbons (Fsp3) is 0.138. The number of benzene rings is 8. The van der Waals surface area contributed by atoms with Gasteiger partial charge < -0.3 is 19.6 Å². The first-order valence-corrected chi connectivity index (χ1v) is 27.0. The van der Waals surface area contributed by atoms with E-state index in [4.69, 9.17) is 20.0 Å². The first-order chi connectivity index (χ1) is 38.2. The minimum Gasteiger partial charge on any atom is -0.362 e. The van der Waals surface area contributed by atoms with Gasteiger partial charge in [-0.2, -0.15) is 9.13 Å². The van der Waals surface area contributed by atoms with Crippen LogP contribution in [0.15, 0.2) is 190 Å². The van der Waals surface area contributed by atoms with Crippen molar-refractivity contribution >= 4 is 79.3 Å². The molecule has 77 heavy (non-hydrogen) atoms. The summed E-state index contributed by atoms with van der Waals surface area (Å²) in [7, 11) is 0. The number of aromatic nitrogens is 2. The van der Waals surface area contributed by atoms with E-state index in [-0.39, 0.29) is 0 Å². The zero-order chi connectivity index (χ0) is 49.6. The maximum atomic E-state index is 6.05. The molecule has 0 bridgehead atoms. The van der Waals surface area contributed by atoms with Gasteiger partial charge in [-0.1, -0.05) is 141 Å². The minimum atomic E-state index is -1.18. The molecular weight excluding hydrogens is 949 g/mol. The van der Waals surface area contributed by atoms with Crippen LogP contribution in [-0.4, -0.2) is 41.6 Å². The highest BCUT2D eigenvalue weighted by Crippen LogP contribution is 2.56. The molecule has 10 aromatic rings. The lowest BCUT2D eigenvalue weighted by atomic mass is 10.0. The van der Waals surface area contributed by atoms with E-state index in [9.17, 15) is 0 Å². The molecule has 12 heterocycles. The molecular formula is C65H44N12+2. The lowest BCUT2D eigenvalue weighted by Gasteiger charge is -2.40. The molecule has 0 fully saturated rings. The van der Waals surface area contributed by atoms with Crippen molar-refractivity contribution in [2.24, 2.45) is 20.0 Å². The first-order valence-electron chi connectivity index (χ1n) is 27.0. The van der Waals surface area contributed by atoms with Crippen LogP contribution in [-0.2, 0) is 58.3 Å². The van der Waals surface area contributed by atoms with Gasteiger partial charge in [-0.05, 0) is 93.0 Å². The molecule has 0 saturated carbocycles. The van der Waals surface area contributed by atoms with Crippen molar-refractivity contribution in [3.8, 4) is 0 Å². The highest BCUT2D eigenvalue weighted by Gasteiger charge is 2.70. The molecule has 12 heteroatoms. The molecule has 12 nitrogen and oxygen atoms in total. The third kappa shape index (κ3) is 4.67. The van der Waals surface area contributed by atoms with Crippen LogP contribution < -0.4 is 30.6 Å². The van der Waals surface area contributed by atoms with E-state index in [0.29, 0.717) is 0 Å². The van der Waals surface area contributed by atoms with Crippen molar-refractivity contribution in [1.29, 1.82) is 0 Å². The summed E-state index contributed by atoms with van der Waals surface area (Å²) in [6.07, 6.45) is 0. The smallest absolute Gasteiger partial charge is 0.362 e. The zero-order valence-electron chi connectivity index (χ0n) is 41.7. The fourth-order valence-corrected chi connectivity index (χ4v) is 15.2. The van der Waals surface area contributed by atoms with Gasteiger partial charge in [0.25, 0.3) is 23.3 Å². The molecule has 1 spiro atoms. The second-order valence-corrected chi connectivity index (χ2v) is 22.3. The molecule has 0 radical (unpaired) electrons. The van der Waals surface area contributed by atoms with Crippen molar-refractivity contribution in [1.82, 2.24) is 9.13 Å². The van der Waals surface area contributed by atoms with E-state index in [1.165, 1.54) is 44.5 Å². The molecule has 0 saturated heterocycles. The predicted octanol–water partition coefficient (Wildman–Crippen LogP) is 9.79. The maximum absolute atomic E-state index is 6.05. The summed E-state index contributed by atoms with van der Waals surface area (Å²) < 4.78 is 9.97. The molecule has 1 unspecified atom stereocenters. The molecule has 1 atom stereocenters. The molecule has 10 aliphatic rings. The Hall–Kier alpha value is -9.68. The van der Waals surface area contributed by atoms with E-state index in [1.807, 2.05) is 0 Å². The fourth-order valence-electron chi connectivity index (χ4n) is 15.2. The molecule has 0 aliphatic carbocycles. The van der Waals surface area contributed by atoms with Crippen LogP contribution >= 0.6 is 0 Å². The molecule has 8 aromatic carbocycles. The quantitative estimate of drug-likeness (QED) is 0.165. The SMILES string of the molecule is c1ccc2c(c1)CN(c1cccc3c1C1=Nc4c5cccc(N6Cc7ccccc7C6)c5c5n4C46n7c(c8cccc(N9Cc%10ccccc%10C9)c8c7=NC3=[N+]14)=NC1=[N+]6C(=N5)c3cccc(N4Cc5ccccc5C4)c31)C2. The average Bonchev–Trinajstić information content (AvgIpc) is 3.88. The molecule has 2 aromatic heterocycles. The van der Waals surface area contributed by atoms with Gasteiger partial charge in [0.15, 0.2) is 0 Å². The Morgan fingerprint density at radius 1 is 0.325 bits per heavy atom. The number of hydrogen-bond acceptors (Lipinski definition) is 8. The molecule has 0 amide bonds. The van der Waals surface area contributed by atoms with Crippen LogP contribution in [0.4, 0.5) is 34.4 Å². The second kappa shape index (κ2) is 13.6. The van der Waals surface area contributed by atoms with Gasteiger partial charge in [-0.25, -0.2) is 0 Å². The van der Waals surface area contributed by atoms with Crippen molar-refractivity contribution < 1.29 is 9.15 Å². The Kier molecular flexibility index (Phi) is 7.01. The lowest BCUT2D eigenvalue weighted by molar-refractivity contribution is -0.790. The summed E-state index contributed by atoms with van der Waals surface area (Å²) in [6, 6.07) is 62.9. The Morgan fingerprint density at radius 2 is 0.753 bits per heavy atom. The van der Waals surface area contributed by atoms with E-state index < -0.39 is 5.91 Å². The Labute approximate surface area is 441 Å². The number of rotatable bonds is 4. The minimum absolute atomic E-state index is 0.817. The van der Waals surface area contributed by atoms with Gasteiger partial charge >= 0.3 is 5.91 Å². The number of amidine groups is 4. The van der Waals surface area contributed by atoms with Gasteiger partial charge in [-0.3, -0.25) is 0 Å². The number of aliphatic imine (C=N–C) groups is 2. The van der Waals surface area contributed by atoms with Crippen molar-refractivity contribution in [3.63, 3.8) is 0 Å². The van der Waals surface area contributed by atoms with E-state index >= 15 is 0 Å². The summed E-state index contributed by atoms with van der Waals surface area (Å²) >= 11 is 0. The summed E-state index contributed by atoms with van der Waals surface area (Å²) in [5.41, 5.74) is 21.7. The topological polar surface area (TPSA) is 78.3 Å². The Bertz CT molecular complexity index is 4710. The lowest BCUT2D eigenvalue weighted by Crippen LogP contribution is -2.71. The summed E-state index contributed by atoms with van der Waals surface area (Å²) in [5.74, 6) is 4.14. The van der Waals surface area contributed by atoms with E-state index in [0.717, 1.165) is 165 Å². The third-order valence-electron chi connectivity index (χ3n) is 18.5. The monoisotopic (exact) mass is 992 g/mol. The molecule has 0 N–H and O–H groups in total. The van der Waals surface area contributed by atoms with Crippen LogP contribution in [0.3, 0.4) is 0 Å². The summed E-state index contributed by atoms with van der Waals surface area (Å²) in [6.45, 7) is 6.53. The van der Waals surface area contributed by atoms with Gasteiger partial charge in [-0.15, -0.1) is 9.15 Å². The predicted molar refractivity (Wildman–Crippen MR) is 299 cm³/mol. The van der Waals surface area contributed by atoms with E-state index in [2.05, 4.69) is 208 Å². The second-order valence-electron chi connectivity index (χ2n) is 22.3. The largest absolute Gasteiger partial charge is 0.404 e. The van der Waals surface area contributed by atoms with Gasteiger partial charge in [0, 0.05) is 63.1 Å². The van der Waals surface area contributed by atoms with Crippen molar-refractivity contribution in [2.45, 2.75) is 58.3 Å². The van der Waals surface area contributed by atoms with Crippen molar-refractivity contribution in [3.05, 3.63) is 248 Å². The number of fused-ring (bicyclic) bond motifs is 16. The van der Waals surface area contributed by atoms with Crippen LogP contribution in [0, 0.1) is 0 Å². The highest BCUT2D eigenvalue weighted by molar-refractivity contribution is 6.23. The first kappa shape index (κ1) is 39.7. The summed E-state index contributed by atoms with van der Waals surface area (Å²) in [5, 5.41) is 4.36. The van der Waals surface area contributed by atoms with Crippen LogP contribution in [0.5, 0.6) is 0 Å². The molecule has 10 aliphatic heterocycles. The summed E-state index contributed by atoms with van der Waals surface area (Å²) in [4.78, 5) is 34.4. The van der Waals surface area contributed by atoms with Gasteiger partial charge in [0.2, 0.25) is 22.6 Å². The molecule has 362 valence electrons. The standard InChI is InChI=1S/C65H44N12/c1-2-14-38-30-70(29-37(38)13-1)49-25-9-21-45-53(49)61-66-58-46-22-10-26-50(71-31-39-15-3-4-16-40(39)32-71)54(46)63-68-60-48-24-12-28-52(73-35-43-19-7-8-20-44(43)36-73)56(48)64-69-59-47-23-11-27-51(72-33-41-17-5-6-18-42(41)34-72)55(47)62-67-57(45)74(61)65(75(58)63,76(59)62)77(60)64/h1-28H,29-36H2/q+2. The van der Waals surface area contributed by atoms with Crippen molar-refractivity contribution in [2.75, 3.05) is 19.6 Å². The number of nitrogens with zero attached hydrogens (tertiary/aromatic N) is 12. The maximum Gasteiger partial charge on any atom is 0.404 e.